The highest BCUT2D eigenvalue weighted by molar-refractivity contribution is 5.24. The van der Waals surface area contributed by atoms with Crippen molar-refractivity contribution in [2.24, 2.45) is 5.92 Å². The Hall–Kier alpha value is -0.870. The number of nitrogens with one attached hydrogen (secondary N) is 1. The van der Waals surface area contributed by atoms with E-state index in [-0.39, 0.29) is 6.04 Å². The molecule has 0 bridgehead atoms. The quantitative estimate of drug-likeness (QED) is 0.744. The van der Waals surface area contributed by atoms with Crippen LogP contribution in [0.2, 0.25) is 0 Å². The lowest BCUT2D eigenvalue weighted by molar-refractivity contribution is 0.110. The Kier molecular flexibility index (Phi) is 5.65. The summed E-state index contributed by atoms with van der Waals surface area (Å²) in [6.45, 7) is 12.8. The third-order valence-corrected chi connectivity index (χ3v) is 2.67. The number of rotatable bonds is 7. The van der Waals surface area contributed by atoms with Crippen molar-refractivity contribution >= 4 is 0 Å². The summed E-state index contributed by atoms with van der Waals surface area (Å²) >= 11 is 0. The van der Waals surface area contributed by atoms with Crippen molar-refractivity contribution in [2.75, 3.05) is 19.8 Å². The summed E-state index contributed by atoms with van der Waals surface area (Å²) in [6, 6.07) is 0.254. The lowest BCUT2D eigenvalue weighted by Crippen LogP contribution is -2.24. The number of nitrogens with zero attached hydrogens (tertiary/aromatic N) is 1. The molecule has 1 N–H and O–H groups in total. The fourth-order valence-corrected chi connectivity index (χ4v) is 1.88. The Labute approximate surface area is 104 Å². The van der Waals surface area contributed by atoms with Gasteiger partial charge in [0.25, 0.3) is 0 Å². The maximum Gasteiger partial charge on any atom is 0.138 e. The topological polar surface area (TPSA) is 47.3 Å². The molecule has 4 nitrogen and oxygen atoms in total. The summed E-state index contributed by atoms with van der Waals surface area (Å²) in [5, 5.41) is 7.37. The van der Waals surface area contributed by atoms with Crippen LogP contribution < -0.4 is 5.32 Å². The van der Waals surface area contributed by atoms with Crippen LogP contribution in [0.4, 0.5) is 0 Å². The van der Waals surface area contributed by atoms with Crippen LogP contribution in [0.1, 0.15) is 43.8 Å². The van der Waals surface area contributed by atoms with Crippen molar-refractivity contribution < 1.29 is 9.26 Å². The van der Waals surface area contributed by atoms with Gasteiger partial charge in [-0.2, -0.15) is 0 Å². The molecule has 1 rings (SSSR count). The molecule has 0 aliphatic heterocycles. The highest BCUT2D eigenvalue weighted by Gasteiger charge is 2.15. The van der Waals surface area contributed by atoms with Crippen LogP contribution in [0.25, 0.3) is 0 Å². The van der Waals surface area contributed by atoms with Gasteiger partial charge in [-0.1, -0.05) is 19.0 Å². The molecular weight excluding hydrogens is 216 g/mol. The number of hydrogen-bond acceptors (Lipinski definition) is 4. The predicted octanol–water partition coefficient (Wildman–Crippen LogP) is 2.61. The molecule has 1 unspecified atom stereocenters. The molecule has 0 spiro atoms. The first kappa shape index (κ1) is 14.2. The Balaban J connectivity index is 2.28. The van der Waals surface area contributed by atoms with Crippen LogP contribution >= 0.6 is 0 Å². The van der Waals surface area contributed by atoms with Gasteiger partial charge < -0.3 is 14.6 Å². The van der Waals surface area contributed by atoms with Crippen LogP contribution in [0.15, 0.2) is 4.52 Å². The maximum atomic E-state index is 5.52. The fraction of sp³-hybridized carbons (Fsp3) is 0.769. The van der Waals surface area contributed by atoms with E-state index in [9.17, 15) is 0 Å². The van der Waals surface area contributed by atoms with Crippen LogP contribution in [-0.2, 0) is 4.74 Å². The first-order valence-corrected chi connectivity index (χ1v) is 6.26. The molecule has 0 aliphatic carbocycles. The Morgan fingerprint density at radius 3 is 2.53 bits per heavy atom. The van der Waals surface area contributed by atoms with Crippen molar-refractivity contribution in [1.29, 1.82) is 0 Å². The lowest BCUT2D eigenvalue weighted by Gasteiger charge is -2.14. The number of hydrogen-bond donors (Lipinski definition) is 1. The molecule has 1 atom stereocenters. The van der Waals surface area contributed by atoms with E-state index in [1.54, 1.807) is 0 Å². The lowest BCUT2D eigenvalue weighted by atomic mass is 10.1. The zero-order chi connectivity index (χ0) is 12.8. The second-order valence-corrected chi connectivity index (χ2v) is 4.88. The van der Waals surface area contributed by atoms with Crippen molar-refractivity contribution in [3.63, 3.8) is 0 Å². The Morgan fingerprint density at radius 2 is 2.00 bits per heavy atom. The highest BCUT2D eigenvalue weighted by Crippen LogP contribution is 2.20. The van der Waals surface area contributed by atoms with Crippen molar-refractivity contribution in [1.82, 2.24) is 10.5 Å². The van der Waals surface area contributed by atoms with Gasteiger partial charge >= 0.3 is 0 Å². The monoisotopic (exact) mass is 240 g/mol. The molecule has 1 aromatic heterocycles. The van der Waals surface area contributed by atoms with Crippen LogP contribution in [-0.4, -0.2) is 24.9 Å². The Bertz CT molecular complexity index is 315. The maximum absolute atomic E-state index is 5.52. The van der Waals surface area contributed by atoms with Crippen LogP contribution in [0.5, 0.6) is 0 Å². The average Bonchev–Trinajstić information content (AvgIpc) is 2.57. The molecule has 0 saturated heterocycles. The van der Waals surface area contributed by atoms with E-state index in [1.165, 1.54) is 0 Å². The standard InChI is InChI=1S/C13H24N2O2/c1-9(2)8-16-7-6-14-10(3)13-11(4)15-17-12(13)5/h9-10,14H,6-8H2,1-5H3. The number of aryl methyl sites for hydroxylation is 2. The van der Waals surface area contributed by atoms with Gasteiger partial charge in [0.15, 0.2) is 0 Å². The molecule has 0 fully saturated rings. The van der Waals surface area contributed by atoms with Crippen molar-refractivity contribution in [3.05, 3.63) is 17.0 Å². The largest absolute Gasteiger partial charge is 0.380 e. The summed E-state index contributed by atoms with van der Waals surface area (Å²) in [5.74, 6) is 1.49. The molecule has 4 heteroatoms. The number of aromatic nitrogens is 1. The molecule has 98 valence electrons. The molecule has 0 aromatic carbocycles. The third-order valence-electron chi connectivity index (χ3n) is 2.67. The summed E-state index contributed by atoms with van der Waals surface area (Å²) in [6.07, 6.45) is 0. The van der Waals surface area contributed by atoms with Gasteiger partial charge in [-0.25, -0.2) is 0 Å². The van der Waals surface area contributed by atoms with Gasteiger partial charge in [0.05, 0.1) is 12.3 Å². The third kappa shape index (κ3) is 4.48. The van der Waals surface area contributed by atoms with Gasteiger partial charge in [-0.05, 0) is 26.7 Å². The highest BCUT2D eigenvalue weighted by atomic mass is 16.5. The zero-order valence-corrected chi connectivity index (χ0v) is 11.5. The first-order valence-electron chi connectivity index (χ1n) is 6.26. The second-order valence-electron chi connectivity index (χ2n) is 4.88. The molecule has 0 amide bonds. The first-order chi connectivity index (χ1) is 8.02. The molecule has 1 heterocycles. The minimum atomic E-state index is 0.254. The summed E-state index contributed by atoms with van der Waals surface area (Å²) in [4.78, 5) is 0. The minimum Gasteiger partial charge on any atom is -0.380 e. The molecule has 0 saturated carbocycles. The fourth-order valence-electron chi connectivity index (χ4n) is 1.88. The average molecular weight is 240 g/mol. The normalized spacial score (nSPS) is 13.3. The van der Waals surface area contributed by atoms with Gasteiger partial charge in [0.2, 0.25) is 0 Å². The Morgan fingerprint density at radius 1 is 1.29 bits per heavy atom. The van der Waals surface area contributed by atoms with E-state index >= 15 is 0 Å². The molecule has 1 aromatic rings. The summed E-state index contributed by atoms with van der Waals surface area (Å²) in [5.41, 5.74) is 2.12. The van der Waals surface area contributed by atoms with Gasteiger partial charge in [-0.15, -0.1) is 0 Å². The predicted molar refractivity (Wildman–Crippen MR) is 68.1 cm³/mol. The van der Waals surface area contributed by atoms with E-state index < -0.39 is 0 Å². The molecule has 0 aliphatic rings. The molecule has 17 heavy (non-hydrogen) atoms. The van der Waals surface area contributed by atoms with Crippen LogP contribution in [0.3, 0.4) is 0 Å². The summed E-state index contributed by atoms with van der Waals surface area (Å²) in [7, 11) is 0. The van der Waals surface area contributed by atoms with Crippen molar-refractivity contribution in [3.8, 4) is 0 Å². The van der Waals surface area contributed by atoms with E-state index in [0.29, 0.717) is 5.92 Å². The van der Waals surface area contributed by atoms with E-state index in [1.807, 2.05) is 13.8 Å². The zero-order valence-electron chi connectivity index (χ0n) is 11.5. The number of ether oxygens (including phenoxy) is 1. The molecular formula is C13H24N2O2. The second kappa shape index (κ2) is 6.77. The van der Waals surface area contributed by atoms with E-state index in [0.717, 1.165) is 36.8 Å². The smallest absolute Gasteiger partial charge is 0.138 e. The van der Waals surface area contributed by atoms with Crippen LogP contribution in [0, 0.1) is 19.8 Å². The minimum absolute atomic E-state index is 0.254. The van der Waals surface area contributed by atoms with E-state index in [4.69, 9.17) is 9.26 Å². The van der Waals surface area contributed by atoms with Gasteiger partial charge in [-0.3, -0.25) is 0 Å². The van der Waals surface area contributed by atoms with Gasteiger partial charge in [0.1, 0.15) is 5.76 Å². The SMILES string of the molecule is Cc1noc(C)c1C(C)NCCOCC(C)C. The summed E-state index contributed by atoms with van der Waals surface area (Å²) < 4.78 is 10.7. The van der Waals surface area contributed by atoms with Crippen molar-refractivity contribution in [2.45, 2.75) is 40.7 Å². The van der Waals surface area contributed by atoms with Gasteiger partial charge in [0, 0.05) is 24.8 Å². The van der Waals surface area contributed by atoms with E-state index in [2.05, 4.69) is 31.2 Å². The molecule has 0 radical (unpaired) electrons.